The molecule has 5 nitrogen and oxygen atoms in total. The molecule has 1 aliphatic rings. The molecule has 1 N–H and O–H groups in total. The highest BCUT2D eigenvalue weighted by atomic mass is 16.4. The van der Waals surface area contributed by atoms with Gasteiger partial charge in [-0.05, 0) is 37.4 Å². The molecule has 1 atom stereocenters. The molecule has 0 spiro atoms. The van der Waals surface area contributed by atoms with Gasteiger partial charge in [-0.3, -0.25) is 0 Å². The first kappa shape index (κ1) is 12.4. The topological polar surface area (TPSA) is 55.9 Å². The van der Waals surface area contributed by atoms with Gasteiger partial charge in [0.2, 0.25) is 11.8 Å². The molecule has 102 valence electrons. The number of hydrogen-bond acceptors (Lipinski definition) is 4. The van der Waals surface area contributed by atoms with E-state index in [0.717, 1.165) is 6.42 Å². The average Bonchev–Trinajstić information content (AvgIpc) is 3.04. The van der Waals surface area contributed by atoms with Crippen molar-refractivity contribution >= 4 is 0 Å². The largest absolute Gasteiger partial charge is 0.423 e. The molecule has 5 heteroatoms. The second-order valence-electron chi connectivity index (χ2n) is 5.09. The molecule has 3 rings (SSSR count). The summed E-state index contributed by atoms with van der Waals surface area (Å²) in [7, 11) is 2.03. The van der Waals surface area contributed by atoms with Gasteiger partial charge in [-0.25, -0.2) is 0 Å². The summed E-state index contributed by atoms with van der Waals surface area (Å²) in [5, 5.41) is 11.5. The molecule has 0 radical (unpaired) electrons. The summed E-state index contributed by atoms with van der Waals surface area (Å²) in [4.78, 5) is 0. The Bertz CT molecular complexity index is 558. The summed E-state index contributed by atoms with van der Waals surface area (Å²) >= 11 is 0. The van der Waals surface area contributed by atoms with Crippen LogP contribution < -0.4 is 5.32 Å². The lowest BCUT2D eigenvalue weighted by atomic mass is 9.91. The van der Waals surface area contributed by atoms with Crippen LogP contribution in [0.3, 0.4) is 0 Å². The molecule has 2 heterocycles. The van der Waals surface area contributed by atoms with Crippen molar-refractivity contribution in [3.8, 4) is 0 Å². The van der Waals surface area contributed by atoms with Gasteiger partial charge in [0.25, 0.3) is 0 Å². The first-order chi connectivity index (χ1) is 9.30. The van der Waals surface area contributed by atoms with E-state index in [0.29, 0.717) is 24.4 Å². The van der Waals surface area contributed by atoms with Crippen LogP contribution in [0.25, 0.3) is 0 Å². The summed E-state index contributed by atoms with van der Waals surface area (Å²) in [6.07, 6.45) is 8.86. The maximum atomic E-state index is 5.56. The second-order valence-corrected chi connectivity index (χ2v) is 5.09. The Hall–Kier alpha value is -1.62. The van der Waals surface area contributed by atoms with Crippen molar-refractivity contribution in [2.75, 3.05) is 7.05 Å². The van der Waals surface area contributed by atoms with Gasteiger partial charge in [0, 0.05) is 24.9 Å². The maximum absolute atomic E-state index is 5.56. The van der Waals surface area contributed by atoms with Crippen molar-refractivity contribution in [2.45, 2.75) is 45.2 Å². The van der Waals surface area contributed by atoms with E-state index in [1.54, 1.807) is 0 Å². The highest BCUT2D eigenvalue weighted by Crippen LogP contribution is 2.30. The minimum atomic E-state index is 0.485. The van der Waals surface area contributed by atoms with Crippen LogP contribution in [0.15, 0.2) is 16.8 Å². The normalized spacial score (nSPS) is 18.5. The highest BCUT2D eigenvalue weighted by molar-refractivity contribution is 5.30. The number of aromatic nitrogens is 3. The van der Waals surface area contributed by atoms with E-state index in [-0.39, 0.29) is 0 Å². The second kappa shape index (κ2) is 5.17. The Labute approximate surface area is 113 Å². The highest BCUT2D eigenvalue weighted by Gasteiger charge is 2.20. The van der Waals surface area contributed by atoms with E-state index in [1.807, 2.05) is 14.0 Å². The van der Waals surface area contributed by atoms with Gasteiger partial charge in [-0.1, -0.05) is 6.92 Å². The Balaban J connectivity index is 1.80. The van der Waals surface area contributed by atoms with Crippen molar-refractivity contribution in [3.63, 3.8) is 0 Å². The standard InChI is InChI=1S/C14H20N4O/c1-3-13-16-17-14(19-13)9-18-7-10-5-4-6-12(15-2)11(10)8-18/h7-8,12,15H,3-6,9H2,1-2H3. The Kier molecular flexibility index (Phi) is 3.38. The molecule has 0 aliphatic heterocycles. The molecule has 1 aliphatic carbocycles. The lowest BCUT2D eigenvalue weighted by Gasteiger charge is -2.21. The third-order valence-corrected chi connectivity index (χ3v) is 3.79. The molecule has 0 amide bonds. The van der Waals surface area contributed by atoms with E-state index < -0.39 is 0 Å². The first-order valence-corrected chi connectivity index (χ1v) is 6.97. The Morgan fingerprint density at radius 3 is 2.95 bits per heavy atom. The third-order valence-electron chi connectivity index (χ3n) is 3.79. The predicted molar refractivity (Wildman–Crippen MR) is 71.9 cm³/mol. The zero-order chi connectivity index (χ0) is 13.2. The third kappa shape index (κ3) is 2.42. The number of aryl methyl sites for hydroxylation is 2. The van der Waals surface area contributed by atoms with Crippen LogP contribution in [0.2, 0.25) is 0 Å². The quantitative estimate of drug-likeness (QED) is 0.914. The molecule has 2 aromatic heterocycles. The van der Waals surface area contributed by atoms with Gasteiger partial charge < -0.3 is 14.3 Å². The van der Waals surface area contributed by atoms with Crippen molar-refractivity contribution in [3.05, 3.63) is 35.3 Å². The van der Waals surface area contributed by atoms with E-state index in [4.69, 9.17) is 4.42 Å². The minimum Gasteiger partial charge on any atom is -0.423 e. The van der Waals surface area contributed by atoms with E-state index >= 15 is 0 Å². The number of fused-ring (bicyclic) bond motifs is 1. The molecule has 19 heavy (non-hydrogen) atoms. The number of nitrogens with zero attached hydrogens (tertiary/aromatic N) is 3. The molecule has 0 bridgehead atoms. The van der Waals surface area contributed by atoms with Crippen LogP contribution in [-0.4, -0.2) is 21.8 Å². The molecular formula is C14H20N4O. The monoisotopic (exact) mass is 260 g/mol. The maximum Gasteiger partial charge on any atom is 0.236 e. The van der Waals surface area contributed by atoms with Crippen LogP contribution in [-0.2, 0) is 19.4 Å². The Morgan fingerprint density at radius 1 is 1.37 bits per heavy atom. The molecule has 0 saturated carbocycles. The van der Waals surface area contributed by atoms with E-state index in [1.165, 1.54) is 30.4 Å². The molecule has 1 unspecified atom stereocenters. The fourth-order valence-corrected chi connectivity index (χ4v) is 2.79. The molecule has 0 fully saturated rings. The fraction of sp³-hybridized carbons (Fsp3) is 0.571. The lowest BCUT2D eigenvalue weighted by Crippen LogP contribution is -2.20. The van der Waals surface area contributed by atoms with Crippen LogP contribution >= 0.6 is 0 Å². The molecule has 0 aromatic carbocycles. The van der Waals surface area contributed by atoms with Gasteiger partial charge in [0.05, 0.1) is 0 Å². The number of rotatable bonds is 4. The van der Waals surface area contributed by atoms with Gasteiger partial charge in [-0.15, -0.1) is 10.2 Å². The first-order valence-electron chi connectivity index (χ1n) is 6.97. The van der Waals surface area contributed by atoms with E-state index in [9.17, 15) is 0 Å². The van der Waals surface area contributed by atoms with Gasteiger partial charge in [0.1, 0.15) is 6.54 Å². The van der Waals surface area contributed by atoms with Crippen molar-refractivity contribution in [1.82, 2.24) is 20.1 Å². The van der Waals surface area contributed by atoms with Crippen molar-refractivity contribution < 1.29 is 4.42 Å². The Morgan fingerprint density at radius 2 is 2.21 bits per heavy atom. The average molecular weight is 260 g/mol. The predicted octanol–water partition coefficient (Wildman–Crippen LogP) is 2.08. The van der Waals surface area contributed by atoms with Gasteiger partial charge in [-0.2, -0.15) is 0 Å². The summed E-state index contributed by atoms with van der Waals surface area (Å²) in [6, 6.07) is 0.485. The lowest BCUT2D eigenvalue weighted by molar-refractivity contribution is 0.442. The summed E-state index contributed by atoms with van der Waals surface area (Å²) < 4.78 is 7.72. The zero-order valence-corrected chi connectivity index (χ0v) is 11.5. The smallest absolute Gasteiger partial charge is 0.236 e. The van der Waals surface area contributed by atoms with Gasteiger partial charge >= 0.3 is 0 Å². The summed E-state index contributed by atoms with van der Waals surface area (Å²) in [6.45, 7) is 2.68. The van der Waals surface area contributed by atoms with Crippen LogP contribution in [0.1, 0.15) is 48.7 Å². The van der Waals surface area contributed by atoms with Crippen molar-refractivity contribution in [2.24, 2.45) is 0 Å². The van der Waals surface area contributed by atoms with Gasteiger partial charge in [0.15, 0.2) is 0 Å². The zero-order valence-electron chi connectivity index (χ0n) is 11.5. The van der Waals surface area contributed by atoms with Crippen LogP contribution in [0.5, 0.6) is 0 Å². The molecule has 2 aromatic rings. The van der Waals surface area contributed by atoms with Crippen molar-refractivity contribution in [1.29, 1.82) is 0 Å². The molecular weight excluding hydrogens is 240 g/mol. The van der Waals surface area contributed by atoms with Crippen LogP contribution in [0.4, 0.5) is 0 Å². The fourth-order valence-electron chi connectivity index (χ4n) is 2.79. The van der Waals surface area contributed by atoms with E-state index in [2.05, 4.69) is 32.5 Å². The SMILES string of the molecule is CCc1nnc(Cn2cc3c(c2)C(NC)CCC3)o1. The number of nitrogens with one attached hydrogen (secondary N) is 1. The summed E-state index contributed by atoms with van der Waals surface area (Å²) in [5.74, 6) is 1.39. The number of hydrogen-bond donors (Lipinski definition) is 1. The summed E-state index contributed by atoms with van der Waals surface area (Å²) in [5.41, 5.74) is 2.87. The van der Waals surface area contributed by atoms with Crippen LogP contribution in [0, 0.1) is 0 Å². The molecule has 0 saturated heterocycles. The minimum absolute atomic E-state index is 0.485.